The molecule has 3 nitrogen and oxygen atoms in total. The molecule has 1 aliphatic rings. The van der Waals surface area contributed by atoms with Crippen molar-refractivity contribution in [2.45, 2.75) is 33.2 Å². The normalized spacial score (nSPS) is 23.6. The summed E-state index contributed by atoms with van der Waals surface area (Å²) in [5, 5.41) is 3.18. The molecule has 0 aromatic carbocycles. The van der Waals surface area contributed by atoms with Gasteiger partial charge in [0.2, 0.25) is 0 Å². The molecular weight excluding hydrogens is 174 g/mol. The minimum atomic E-state index is 0. The maximum atomic E-state index is 5.56. The Morgan fingerprint density at radius 3 is 2.42 bits per heavy atom. The molecule has 1 rings (SSSR count). The van der Waals surface area contributed by atoms with Crippen molar-refractivity contribution in [3.05, 3.63) is 0 Å². The summed E-state index contributed by atoms with van der Waals surface area (Å²) in [6, 6.07) is 0.472. The van der Waals surface area contributed by atoms with Gasteiger partial charge in [-0.3, -0.25) is 4.99 Å². The number of nitrogens with zero attached hydrogens (tertiary/aromatic N) is 1. The van der Waals surface area contributed by atoms with Crippen LogP contribution in [0.5, 0.6) is 0 Å². The molecule has 1 aliphatic heterocycles. The lowest BCUT2D eigenvalue weighted by atomic mass is 9.84. The molecular formula is C8H18ClN3. The summed E-state index contributed by atoms with van der Waals surface area (Å²) in [6.07, 6.45) is 1.09. The summed E-state index contributed by atoms with van der Waals surface area (Å²) in [5.41, 5.74) is 5.84. The van der Waals surface area contributed by atoms with E-state index in [0.29, 0.717) is 12.0 Å². The van der Waals surface area contributed by atoms with E-state index in [1.54, 1.807) is 0 Å². The van der Waals surface area contributed by atoms with Crippen molar-refractivity contribution >= 4 is 18.4 Å². The molecule has 72 valence electrons. The van der Waals surface area contributed by atoms with Gasteiger partial charge in [0.1, 0.15) is 0 Å². The average Bonchev–Trinajstić information content (AvgIpc) is 1.86. The topological polar surface area (TPSA) is 50.4 Å². The standard InChI is InChI=1S/C8H17N3.ClH/c1-8(2,3)6-4-5-10-7(9)11-6;/h6H,4-5H2,1-3H3,(H3,9,10,11);1H. The highest BCUT2D eigenvalue weighted by Crippen LogP contribution is 2.22. The van der Waals surface area contributed by atoms with E-state index in [1.807, 2.05) is 0 Å². The largest absolute Gasteiger partial charge is 0.370 e. The van der Waals surface area contributed by atoms with Crippen molar-refractivity contribution in [1.82, 2.24) is 5.32 Å². The quantitative estimate of drug-likeness (QED) is 0.603. The molecule has 0 aliphatic carbocycles. The fourth-order valence-corrected chi connectivity index (χ4v) is 1.26. The second kappa shape index (κ2) is 3.99. The van der Waals surface area contributed by atoms with Gasteiger partial charge in [0, 0.05) is 12.6 Å². The van der Waals surface area contributed by atoms with Crippen LogP contribution in [0.3, 0.4) is 0 Å². The van der Waals surface area contributed by atoms with Gasteiger partial charge in [0.25, 0.3) is 0 Å². The van der Waals surface area contributed by atoms with E-state index in [0.717, 1.165) is 13.0 Å². The van der Waals surface area contributed by atoms with Gasteiger partial charge in [-0.15, -0.1) is 12.4 Å². The second-order valence-corrected chi connectivity index (χ2v) is 4.12. The highest BCUT2D eigenvalue weighted by molar-refractivity contribution is 5.85. The van der Waals surface area contributed by atoms with Gasteiger partial charge in [-0.25, -0.2) is 0 Å². The van der Waals surface area contributed by atoms with Gasteiger partial charge in [-0.05, 0) is 11.8 Å². The minimum Gasteiger partial charge on any atom is -0.370 e. The molecule has 0 aromatic heterocycles. The van der Waals surface area contributed by atoms with E-state index in [-0.39, 0.29) is 17.8 Å². The zero-order valence-electron chi connectivity index (χ0n) is 7.92. The number of hydrogen-bond acceptors (Lipinski definition) is 3. The number of nitrogens with two attached hydrogens (primary N) is 1. The van der Waals surface area contributed by atoms with Crippen LogP contribution in [0, 0.1) is 5.41 Å². The smallest absolute Gasteiger partial charge is 0.188 e. The second-order valence-electron chi connectivity index (χ2n) is 4.12. The number of halogens is 1. The zero-order valence-corrected chi connectivity index (χ0v) is 8.74. The highest BCUT2D eigenvalue weighted by Gasteiger charge is 2.26. The lowest BCUT2D eigenvalue weighted by Gasteiger charge is -2.33. The average molecular weight is 192 g/mol. The molecule has 0 bridgehead atoms. The molecule has 1 atom stereocenters. The summed E-state index contributed by atoms with van der Waals surface area (Å²) in [6.45, 7) is 7.50. The Bertz CT molecular complexity index is 172. The Kier molecular flexibility index (Phi) is 3.84. The predicted molar refractivity (Wildman–Crippen MR) is 54.7 cm³/mol. The van der Waals surface area contributed by atoms with E-state index >= 15 is 0 Å². The molecule has 3 N–H and O–H groups in total. The van der Waals surface area contributed by atoms with Crippen LogP contribution in [0.1, 0.15) is 27.2 Å². The van der Waals surface area contributed by atoms with Crippen LogP contribution in [0.2, 0.25) is 0 Å². The van der Waals surface area contributed by atoms with Gasteiger partial charge >= 0.3 is 0 Å². The van der Waals surface area contributed by atoms with E-state index in [4.69, 9.17) is 5.73 Å². The number of guanidine groups is 1. The lowest BCUT2D eigenvalue weighted by molar-refractivity contribution is 0.278. The van der Waals surface area contributed by atoms with Crippen molar-refractivity contribution in [3.8, 4) is 0 Å². The Morgan fingerprint density at radius 1 is 1.50 bits per heavy atom. The number of aliphatic imine (C=N–C) groups is 1. The Balaban J connectivity index is 0.00000121. The van der Waals surface area contributed by atoms with Crippen molar-refractivity contribution in [1.29, 1.82) is 0 Å². The highest BCUT2D eigenvalue weighted by atomic mass is 35.5. The predicted octanol–water partition coefficient (Wildman–Crippen LogP) is 1.13. The number of rotatable bonds is 0. The van der Waals surface area contributed by atoms with Gasteiger partial charge in [0.05, 0.1) is 0 Å². The van der Waals surface area contributed by atoms with Crippen molar-refractivity contribution < 1.29 is 0 Å². The Morgan fingerprint density at radius 2 is 2.08 bits per heavy atom. The summed E-state index contributed by atoms with van der Waals surface area (Å²) in [5.74, 6) is 0.594. The fraction of sp³-hybridized carbons (Fsp3) is 0.875. The van der Waals surface area contributed by atoms with Crippen LogP contribution in [0.4, 0.5) is 0 Å². The van der Waals surface area contributed by atoms with E-state index in [1.165, 1.54) is 0 Å². The Labute approximate surface area is 80.2 Å². The van der Waals surface area contributed by atoms with Crippen molar-refractivity contribution in [2.24, 2.45) is 16.1 Å². The van der Waals surface area contributed by atoms with Crippen molar-refractivity contribution in [3.63, 3.8) is 0 Å². The van der Waals surface area contributed by atoms with Gasteiger partial charge < -0.3 is 11.1 Å². The first-order valence-corrected chi connectivity index (χ1v) is 4.06. The molecule has 0 saturated heterocycles. The van der Waals surface area contributed by atoms with Crippen molar-refractivity contribution in [2.75, 3.05) is 6.54 Å². The molecule has 1 unspecified atom stereocenters. The monoisotopic (exact) mass is 191 g/mol. The molecule has 0 fully saturated rings. The van der Waals surface area contributed by atoms with Crippen LogP contribution in [-0.4, -0.2) is 18.5 Å². The summed E-state index contributed by atoms with van der Waals surface area (Å²) < 4.78 is 0. The number of hydrogen-bond donors (Lipinski definition) is 2. The van der Waals surface area contributed by atoms with Crippen LogP contribution in [0.25, 0.3) is 0 Å². The first kappa shape index (κ1) is 11.6. The van der Waals surface area contributed by atoms with E-state index < -0.39 is 0 Å². The molecule has 0 amide bonds. The summed E-state index contributed by atoms with van der Waals surface area (Å²) in [7, 11) is 0. The third-order valence-electron chi connectivity index (χ3n) is 2.07. The van der Waals surface area contributed by atoms with Gasteiger partial charge in [-0.2, -0.15) is 0 Å². The van der Waals surface area contributed by atoms with Crippen LogP contribution in [0.15, 0.2) is 4.99 Å². The van der Waals surface area contributed by atoms with Gasteiger partial charge in [-0.1, -0.05) is 20.8 Å². The SMILES string of the molecule is CC(C)(C)C1CCN=C(N)N1.Cl. The van der Waals surface area contributed by atoms with E-state index in [9.17, 15) is 0 Å². The molecule has 12 heavy (non-hydrogen) atoms. The lowest BCUT2D eigenvalue weighted by Crippen LogP contribution is -2.49. The molecule has 0 saturated carbocycles. The fourth-order valence-electron chi connectivity index (χ4n) is 1.26. The summed E-state index contributed by atoms with van der Waals surface area (Å²) >= 11 is 0. The third-order valence-corrected chi connectivity index (χ3v) is 2.07. The first-order chi connectivity index (χ1) is 5.00. The van der Waals surface area contributed by atoms with E-state index in [2.05, 4.69) is 31.1 Å². The van der Waals surface area contributed by atoms with Crippen LogP contribution < -0.4 is 11.1 Å². The zero-order chi connectivity index (χ0) is 8.48. The minimum absolute atomic E-state index is 0. The summed E-state index contributed by atoms with van der Waals surface area (Å²) in [4.78, 5) is 4.08. The molecule has 0 spiro atoms. The third kappa shape index (κ3) is 2.89. The Hall–Kier alpha value is -0.440. The van der Waals surface area contributed by atoms with Gasteiger partial charge in [0.15, 0.2) is 5.96 Å². The van der Waals surface area contributed by atoms with Crippen LogP contribution in [-0.2, 0) is 0 Å². The maximum absolute atomic E-state index is 5.56. The molecule has 4 heteroatoms. The maximum Gasteiger partial charge on any atom is 0.188 e. The molecule has 0 radical (unpaired) electrons. The molecule has 1 heterocycles. The van der Waals surface area contributed by atoms with Crippen LogP contribution >= 0.6 is 12.4 Å². The molecule has 0 aromatic rings. The first-order valence-electron chi connectivity index (χ1n) is 4.06. The number of nitrogens with one attached hydrogen (secondary N) is 1.